The van der Waals surface area contributed by atoms with Gasteiger partial charge in [-0.25, -0.2) is 0 Å². The molecule has 0 saturated heterocycles. The van der Waals surface area contributed by atoms with Gasteiger partial charge in [0.15, 0.2) is 5.69 Å². The molecule has 0 spiro atoms. The standard InChI is InChI=1S/C13H14Cl2N4O/c1-8(2)19(13(20)12-6-16-18-17-12)7-9-3-4-10(14)11(15)5-9/h3-6,8H,7H2,1-2H3,(H,16,17,18). The number of aromatic nitrogens is 3. The number of H-pyrrole nitrogens is 1. The lowest BCUT2D eigenvalue weighted by Crippen LogP contribution is -2.36. The van der Waals surface area contributed by atoms with Crippen LogP contribution in [0.25, 0.3) is 0 Å². The van der Waals surface area contributed by atoms with Crippen molar-refractivity contribution in [1.82, 2.24) is 20.3 Å². The molecule has 0 radical (unpaired) electrons. The van der Waals surface area contributed by atoms with Gasteiger partial charge in [-0.15, -0.1) is 0 Å². The fraction of sp³-hybridized carbons (Fsp3) is 0.308. The molecule has 0 aliphatic rings. The maximum Gasteiger partial charge on any atom is 0.276 e. The molecule has 0 fully saturated rings. The molecule has 0 atom stereocenters. The highest BCUT2D eigenvalue weighted by atomic mass is 35.5. The Morgan fingerprint density at radius 3 is 2.65 bits per heavy atom. The van der Waals surface area contributed by atoms with E-state index >= 15 is 0 Å². The zero-order chi connectivity index (χ0) is 14.7. The number of hydrogen-bond donors (Lipinski definition) is 1. The normalized spacial score (nSPS) is 10.8. The van der Waals surface area contributed by atoms with Gasteiger partial charge in [0, 0.05) is 12.6 Å². The van der Waals surface area contributed by atoms with Crippen LogP contribution in [0.5, 0.6) is 0 Å². The molecule has 1 N–H and O–H groups in total. The van der Waals surface area contributed by atoms with Crippen LogP contribution in [0.1, 0.15) is 29.9 Å². The molecule has 0 bridgehead atoms. The summed E-state index contributed by atoms with van der Waals surface area (Å²) < 4.78 is 0. The third-order valence-corrected chi connectivity index (χ3v) is 3.59. The number of aromatic amines is 1. The van der Waals surface area contributed by atoms with Crippen LogP contribution >= 0.6 is 23.2 Å². The number of carbonyl (C=O) groups excluding carboxylic acids is 1. The Balaban J connectivity index is 2.21. The fourth-order valence-corrected chi connectivity index (χ4v) is 2.10. The Bertz CT molecular complexity index is 598. The first-order chi connectivity index (χ1) is 9.49. The molecule has 20 heavy (non-hydrogen) atoms. The van der Waals surface area contributed by atoms with Gasteiger partial charge in [0.25, 0.3) is 5.91 Å². The third kappa shape index (κ3) is 3.29. The average Bonchev–Trinajstić information content (AvgIpc) is 2.93. The van der Waals surface area contributed by atoms with Crippen molar-refractivity contribution in [1.29, 1.82) is 0 Å². The van der Waals surface area contributed by atoms with E-state index in [1.54, 1.807) is 17.0 Å². The summed E-state index contributed by atoms with van der Waals surface area (Å²) in [6.07, 6.45) is 1.41. The summed E-state index contributed by atoms with van der Waals surface area (Å²) in [5, 5.41) is 10.9. The van der Waals surface area contributed by atoms with E-state index in [2.05, 4.69) is 15.4 Å². The monoisotopic (exact) mass is 312 g/mol. The number of amides is 1. The molecule has 0 saturated carbocycles. The zero-order valence-electron chi connectivity index (χ0n) is 11.1. The lowest BCUT2D eigenvalue weighted by Gasteiger charge is -2.26. The predicted octanol–water partition coefficient (Wildman–Crippen LogP) is 3.16. The SMILES string of the molecule is CC(C)N(Cc1ccc(Cl)c(Cl)c1)C(=O)c1cn[nH]n1. The van der Waals surface area contributed by atoms with E-state index in [9.17, 15) is 4.79 Å². The highest BCUT2D eigenvalue weighted by Gasteiger charge is 2.21. The van der Waals surface area contributed by atoms with Crippen molar-refractivity contribution in [2.75, 3.05) is 0 Å². The van der Waals surface area contributed by atoms with Crippen LogP contribution in [0, 0.1) is 0 Å². The van der Waals surface area contributed by atoms with E-state index in [0.717, 1.165) is 5.56 Å². The number of rotatable bonds is 4. The lowest BCUT2D eigenvalue weighted by molar-refractivity contribution is 0.0684. The number of nitrogens with one attached hydrogen (secondary N) is 1. The maximum absolute atomic E-state index is 12.3. The van der Waals surface area contributed by atoms with Gasteiger partial charge < -0.3 is 4.90 Å². The van der Waals surface area contributed by atoms with Gasteiger partial charge in [-0.2, -0.15) is 15.4 Å². The van der Waals surface area contributed by atoms with Crippen LogP contribution in [-0.2, 0) is 6.54 Å². The van der Waals surface area contributed by atoms with Crippen LogP contribution < -0.4 is 0 Å². The van der Waals surface area contributed by atoms with E-state index in [1.165, 1.54) is 6.20 Å². The number of halogens is 2. The van der Waals surface area contributed by atoms with E-state index in [-0.39, 0.29) is 11.9 Å². The Morgan fingerprint density at radius 2 is 2.10 bits per heavy atom. The second-order valence-electron chi connectivity index (χ2n) is 4.63. The van der Waals surface area contributed by atoms with Crippen LogP contribution in [-0.4, -0.2) is 32.3 Å². The average molecular weight is 313 g/mol. The van der Waals surface area contributed by atoms with Crippen molar-refractivity contribution >= 4 is 29.1 Å². The van der Waals surface area contributed by atoms with Gasteiger partial charge in [0.2, 0.25) is 0 Å². The molecule has 0 unspecified atom stereocenters. The van der Waals surface area contributed by atoms with E-state index in [1.807, 2.05) is 19.9 Å². The first kappa shape index (κ1) is 14.8. The number of nitrogens with zero attached hydrogens (tertiary/aromatic N) is 3. The molecule has 0 aliphatic heterocycles. The van der Waals surface area contributed by atoms with Crippen molar-refractivity contribution in [2.45, 2.75) is 26.4 Å². The Kier molecular flexibility index (Phi) is 4.62. The zero-order valence-corrected chi connectivity index (χ0v) is 12.6. The van der Waals surface area contributed by atoms with Crippen molar-refractivity contribution in [2.24, 2.45) is 0 Å². The van der Waals surface area contributed by atoms with Gasteiger partial charge in [-0.05, 0) is 31.5 Å². The quantitative estimate of drug-likeness (QED) is 0.943. The van der Waals surface area contributed by atoms with Crippen LogP contribution in [0.15, 0.2) is 24.4 Å². The van der Waals surface area contributed by atoms with E-state index < -0.39 is 0 Å². The minimum absolute atomic E-state index is 0.0219. The summed E-state index contributed by atoms with van der Waals surface area (Å²) >= 11 is 11.9. The second kappa shape index (κ2) is 6.24. The van der Waals surface area contributed by atoms with Gasteiger partial charge >= 0.3 is 0 Å². The van der Waals surface area contributed by atoms with Crippen LogP contribution in [0.3, 0.4) is 0 Å². The molecular weight excluding hydrogens is 299 g/mol. The summed E-state index contributed by atoms with van der Waals surface area (Å²) in [5.74, 6) is -0.181. The van der Waals surface area contributed by atoms with Gasteiger partial charge in [-0.1, -0.05) is 29.3 Å². The van der Waals surface area contributed by atoms with Gasteiger partial charge in [0.05, 0.1) is 16.2 Å². The number of carbonyl (C=O) groups is 1. The van der Waals surface area contributed by atoms with Crippen molar-refractivity contribution in [3.05, 3.63) is 45.7 Å². The fourth-order valence-electron chi connectivity index (χ4n) is 1.78. The predicted molar refractivity (Wildman–Crippen MR) is 77.9 cm³/mol. The molecule has 2 rings (SSSR count). The highest BCUT2D eigenvalue weighted by Crippen LogP contribution is 2.24. The summed E-state index contributed by atoms with van der Waals surface area (Å²) in [6, 6.07) is 5.35. The largest absolute Gasteiger partial charge is 0.330 e. The molecule has 5 nitrogen and oxygen atoms in total. The van der Waals surface area contributed by atoms with Gasteiger partial charge in [0.1, 0.15) is 0 Å². The topological polar surface area (TPSA) is 61.9 Å². The van der Waals surface area contributed by atoms with E-state index in [0.29, 0.717) is 22.3 Å². The molecule has 0 aliphatic carbocycles. The van der Waals surface area contributed by atoms with Gasteiger partial charge in [-0.3, -0.25) is 4.79 Å². The van der Waals surface area contributed by atoms with Crippen molar-refractivity contribution in [3.8, 4) is 0 Å². The second-order valence-corrected chi connectivity index (χ2v) is 5.44. The molecule has 1 heterocycles. The third-order valence-electron chi connectivity index (χ3n) is 2.86. The number of hydrogen-bond acceptors (Lipinski definition) is 3. The molecule has 106 valence electrons. The Hall–Kier alpha value is -1.59. The van der Waals surface area contributed by atoms with Crippen molar-refractivity contribution < 1.29 is 4.79 Å². The molecular formula is C13H14Cl2N4O. The Labute approximate surface area is 126 Å². The maximum atomic E-state index is 12.3. The highest BCUT2D eigenvalue weighted by molar-refractivity contribution is 6.42. The smallest absolute Gasteiger partial charge is 0.276 e. The molecule has 1 aromatic heterocycles. The summed E-state index contributed by atoms with van der Waals surface area (Å²) in [5.41, 5.74) is 1.20. The minimum atomic E-state index is -0.181. The molecule has 7 heteroatoms. The summed E-state index contributed by atoms with van der Waals surface area (Å²) in [7, 11) is 0. The summed E-state index contributed by atoms with van der Waals surface area (Å²) in [4.78, 5) is 14.0. The first-order valence-electron chi connectivity index (χ1n) is 6.09. The van der Waals surface area contributed by atoms with Crippen LogP contribution in [0.4, 0.5) is 0 Å². The molecule has 2 aromatic rings. The molecule has 1 aromatic carbocycles. The minimum Gasteiger partial charge on any atom is -0.330 e. The van der Waals surface area contributed by atoms with E-state index in [4.69, 9.17) is 23.2 Å². The first-order valence-corrected chi connectivity index (χ1v) is 6.85. The Morgan fingerprint density at radius 1 is 1.35 bits per heavy atom. The summed E-state index contributed by atoms with van der Waals surface area (Å²) in [6.45, 7) is 4.31. The lowest BCUT2D eigenvalue weighted by atomic mass is 10.1. The van der Waals surface area contributed by atoms with Crippen molar-refractivity contribution in [3.63, 3.8) is 0 Å². The molecule has 1 amide bonds. The van der Waals surface area contributed by atoms with Crippen LogP contribution in [0.2, 0.25) is 10.0 Å². The number of benzene rings is 1.